The van der Waals surface area contributed by atoms with Crippen molar-refractivity contribution in [2.75, 3.05) is 5.32 Å². The van der Waals surface area contributed by atoms with Crippen LogP contribution < -0.4 is 16.2 Å². The van der Waals surface area contributed by atoms with Crippen molar-refractivity contribution < 1.29 is 9.59 Å². The van der Waals surface area contributed by atoms with Gasteiger partial charge in [0.1, 0.15) is 0 Å². The summed E-state index contributed by atoms with van der Waals surface area (Å²) in [5.41, 5.74) is 6.57. The lowest BCUT2D eigenvalue weighted by Crippen LogP contribution is -2.43. The number of urea groups is 1. The van der Waals surface area contributed by atoms with E-state index in [0.717, 1.165) is 10.0 Å². The third kappa shape index (κ3) is 4.47. The first kappa shape index (κ1) is 16.3. The number of aryl methyl sites for hydroxylation is 1. The Labute approximate surface area is 141 Å². The summed E-state index contributed by atoms with van der Waals surface area (Å²) in [4.78, 5) is 23.6. The van der Waals surface area contributed by atoms with Gasteiger partial charge in [-0.05, 0) is 42.8 Å². The number of carbonyl (C=O) groups is 2. The van der Waals surface area contributed by atoms with Crippen molar-refractivity contribution in [1.82, 2.24) is 10.9 Å². The summed E-state index contributed by atoms with van der Waals surface area (Å²) in [6.07, 6.45) is 0. The lowest BCUT2D eigenvalue weighted by atomic mass is 10.1. The molecule has 0 bridgehead atoms. The number of benzene rings is 2. The van der Waals surface area contributed by atoms with Crippen LogP contribution in [0.2, 0.25) is 5.02 Å². The first-order chi connectivity index (χ1) is 10.5. The second-order valence-corrected chi connectivity index (χ2v) is 5.80. The predicted molar refractivity (Wildman–Crippen MR) is 90.0 cm³/mol. The SMILES string of the molecule is Cc1ccc(C(=O)NNC(=O)Nc2cccc(Cl)c2)cc1Br. The van der Waals surface area contributed by atoms with Crippen LogP contribution >= 0.6 is 27.5 Å². The predicted octanol–water partition coefficient (Wildman–Crippen LogP) is 3.88. The van der Waals surface area contributed by atoms with Crippen molar-refractivity contribution in [2.24, 2.45) is 0 Å². The fourth-order valence-electron chi connectivity index (χ4n) is 1.65. The first-order valence-electron chi connectivity index (χ1n) is 6.35. The summed E-state index contributed by atoms with van der Waals surface area (Å²) in [6.45, 7) is 1.92. The van der Waals surface area contributed by atoms with Crippen molar-refractivity contribution in [2.45, 2.75) is 6.92 Å². The molecule has 0 saturated heterocycles. The Kier molecular flexibility index (Phi) is 5.41. The third-order valence-corrected chi connectivity index (χ3v) is 3.90. The Morgan fingerprint density at radius 3 is 2.55 bits per heavy atom. The highest BCUT2D eigenvalue weighted by molar-refractivity contribution is 9.10. The van der Waals surface area contributed by atoms with E-state index in [9.17, 15) is 9.59 Å². The molecule has 7 heteroatoms. The molecule has 3 amide bonds. The highest BCUT2D eigenvalue weighted by Crippen LogP contribution is 2.17. The van der Waals surface area contributed by atoms with E-state index in [2.05, 4.69) is 32.1 Å². The van der Waals surface area contributed by atoms with Crippen LogP contribution in [0.3, 0.4) is 0 Å². The molecular weight excluding hydrogens is 370 g/mol. The van der Waals surface area contributed by atoms with Gasteiger partial charge in [0.05, 0.1) is 0 Å². The van der Waals surface area contributed by atoms with Crippen LogP contribution in [0.25, 0.3) is 0 Å². The Morgan fingerprint density at radius 2 is 1.86 bits per heavy atom. The van der Waals surface area contributed by atoms with Crippen LogP contribution in [0.4, 0.5) is 10.5 Å². The molecule has 2 rings (SSSR count). The summed E-state index contributed by atoms with van der Waals surface area (Å²) < 4.78 is 0.823. The van der Waals surface area contributed by atoms with Crippen LogP contribution in [0.5, 0.6) is 0 Å². The van der Waals surface area contributed by atoms with Gasteiger partial charge < -0.3 is 5.32 Å². The maximum Gasteiger partial charge on any atom is 0.337 e. The topological polar surface area (TPSA) is 70.2 Å². The Morgan fingerprint density at radius 1 is 1.09 bits per heavy atom. The molecule has 3 N–H and O–H groups in total. The van der Waals surface area contributed by atoms with Gasteiger partial charge in [0.2, 0.25) is 0 Å². The van der Waals surface area contributed by atoms with E-state index in [1.54, 1.807) is 36.4 Å². The third-order valence-electron chi connectivity index (χ3n) is 2.81. The normalized spacial score (nSPS) is 9.95. The van der Waals surface area contributed by atoms with E-state index >= 15 is 0 Å². The van der Waals surface area contributed by atoms with Gasteiger partial charge in [-0.25, -0.2) is 10.2 Å². The van der Waals surface area contributed by atoms with Crippen molar-refractivity contribution in [1.29, 1.82) is 0 Å². The standard InChI is InChI=1S/C15H13BrClN3O2/c1-9-5-6-10(7-13(9)16)14(21)19-20-15(22)18-12-4-2-3-11(17)8-12/h2-8H,1H3,(H,19,21)(H2,18,20,22). The van der Waals surface area contributed by atoms with E-state index in [0.29, 0.717) is 16.3 Å². The molecule has 0 aliphatic rings. The van der Waals surface area contributed by atoms with Crippen LogP contribution in [-0.4, -0.2) is 11.9 Å². The quantitative estimate of drug-likeness (QED) is 0.690. The summed E-state index contributed by atoms with van der Waals surface area (Å²) >= 11 is 9.17. The number of hydrogen-bond acceptors (Lipinski definition) is 2. The maximum absolute atomic E-state index is 11.9. The highest BCUT2D eigenvalue weighted by Gasteiger charge is 2.08. The number of halogens is 2. The van der Waals surface area contributed by atoms with Gasteiger partial charge in [-0.2, -0.15) is 0 Å². The van der Waals surface area contributed by atoms with Crippen molar-refractivity contribution >= 4 is 45.2 Å². The van der Waals surface area contributed by atoms with E-state index in [1.807, 2.05) is 13.0 Å². The number of hydrazine groups is 1. The smallest absolute Gasteiger partial charge is 0.307 e. The Hall–Kier alpha value is -2.05. The van der Waals surface area contributed by atoms with E-state index in [-0.39, 0.29) is 0 Å². The Balaban J connectivity index is 1.90. The van der Waals surface area contributed by atoms with Gasteiger partial charge in [-0.3, -0.25) is 10.2 Å². The average molecular weight is 383 g/mol. The molecule has 114 valence electrons. The van der Waals surface area contributed by atoms with Crippen LogP contribution in [0.15, 0.2) is 46.9 Å². The molecule has 0 saturated carbocycles. The van der Waals surface area contributed by atoms with Gasteiger partial charge in [-0.1, -0.05) is 39.7 Å². The van der Waals surface area contributed by atoms with E-state index in [1.165, 1.54) is 0 Å². The van der Waals surface area contributed by atoms with Gasteiger partial charge in [-0.15, -0.1) is 0 Å². The molecule has 2 aromatic carbocycles. The van der Waals surface area contributed by atoms with E-state index in [4.69, 9.17) is 11.6 Å². The fraction of sp³-hybridized carbons (Fsp3) is 0.0667. The number of rotatable bonds is 2. The molecule has 0 aliphatic carbocycles. The molecule has 0 aromatic heterocycles. The zero-order valence-corrected chi connectivity index (χ0v) is 14.0. The van der Waals surface area contributed by atoms with Gasteiger partial charge in [0, 0.05) is 20.7 Å². The molecule has 2 aromatic rings. The van der Waals surface area contributed by atoms with Crippen molar-refractivity contribution in [3.63, 3.8) is 0 Å². The largest absolute Gasteiger partial charge is 0.337 e. The van der Waals surface area contributed by atoms with Crippen LogP contribution in [-0.2, 0) is 0 Å². The average Bonchev–Trinajstić information content (AvgIpc) is 2.47. The van der Waals surface area contributed by atoms with Crippen LogP contribution in [0, 0.1) is 6.92 Å². The molecule has 0 radical (unpaired) electrons. The summed E-state index contributed by atoms with van der Waals surface area (Å²) in [6, 6.07) is 11.3. The molecule has 0 unspecified atom stereocenters. The zero-order valence-electron chi connectivity index (χ0n) is 11.6. The molecule has 0 spiro atoms. The minimum absolute atomic E-state index is 0.415. The van der Waals surface area contributed by atoms with Gasteiger partial charge >= 0.3 is 6.03 Å². The summed E-state index contributed by atoms with van der Waals surface area (Å²) in [5.74, 6) is -0.415. The molecular formula is C15H13BrClN3O2. The molecule has 0 fully saturated rings. The molecule has 0 aliphatic heterocycles. The number of hydrogen-bond donors (Lipinski definition) is 3. The second-order valence-electron chi connectivity index (χ2n) is 4.51. The minimum Gasteiger partial charge on any atom is -0.307 e. The number of amides is 3. The molecule has 0 atom stereocenters. The number of anilines is 1. The fourth-order valence-corrected chi connectivity index (χ4v) is 2.22. The van der Waals surface area contributed by atoms with Gasteiger partial charge in [0.15, 0.2) is 0 Å². The number of carbonyl (C=O) groups excluding carboxylic acids is 2. The number of nitrogens with one attached hydrogen (secondary N) is 3. The zero-order chi connectivity index (χ0) is 16.1. The molecule has 0 heterocycles. The van der Waals surface area contributed by atoms with Gasteiger partial charge in [0.25, 0.3) is 5.91 Å². The first-order valence-corrected chi connectivity index (χ1v) is 7.52. The molecule has 22 heavy (non-hydrogen) atoms. The Bertz CT molecular complexity index is 722. The maximum atomic E-state index is 11.9. The monoisotopic (exact) mass is 381 g/mol. The second kappa shape index (κ2) is 7.29. The highest BCUT2D eigenvalue weighted by atomic mass is 79.9. The van der Waals surface area contributed by atoms with Crippen molar-refractivity contribution in [3.05, 3.63) is 63.1 Å². The van der Waals surface area contributed by atoms with Crippen LogP contribution in [0.1, 0.15) is 15.9 Å². The van der Waals surface area contributed by atoms with Crippen molar-refractivity contribution in [3.8, 4) is 0 Å². The molecule has 5 nitrogen and oxygen atoms in total. The lowest BCUT2D eigenvalue weighted by Gasteiger charge is -2.10. The minimum atomic E-state index is -0.568. The summed E-state index contributed by atoms with van der Waals surface area (Å²) in [5, 5.41) is 3.06. The van der Waals surface area contributed by atoms with E-state index < -0.39 is 11.9 Å². The summed E-state index contributed by atoms with van der Waals surface area (Å²) in [7, 11) is 0. The lowest BCUT2D eigenvalue weighted by molar-refractivity contribution is 0.0938.